The van der Waals surface area contributed by atoms with Gasteiger partial charge in [-0.05, 0) is 41.8 Å². The van der Waals surface area contributed by atoms with E-state index in [1.807, 2.05) is 90.6 Å². The van der Waals surface area contributed by atoms with E-state index in [-0.39, 0.29) is 12.5 Å². The first-order valence-corrected chi connectivity index (χ1v) is 11.3. The first kappa shape index (κ1) is 22.9. The van der Waals surface area contributed by atoms with Gasteiger partial charge in [0.15, 0.2) is 0 Å². The Bertz CT molecular complexity index is 1320. The van der Waals surface area contributed by atoms with Gasteiger partial charge in [-0.3, -0.25) is 4.79 Å². The Balaban J connectivity index is 1.50. The minimum Gasteiger partial charge on any atom is -0.489 e. The number of likely N-dealkylation sites (N-methyl/N-ethyl adjacent to an activating group) is 1. The summed E-state index contributed by atoms with van der Waals surface area (Å²) in [7, 11) is 1.84. The molecule has 1 heterocycles. The fourth-order valence-electron chi connectivity index (χ4n) is 3.86. The molecule has 0 N–H and O–H groups in total. The van der Waals surface area contributed by atoms with Gasteiger partial charge in [-0.2, -0.15) is 5.26 Å². The van der Waals surface area contributed by atoms with Gasteiger partial charge < -0.3 is 14.2 Å². The van der Waals surface area contributed by atoms with Crippen molar-refractivity contribution in [2.24, 2.45) is 0 Å². The van der Waals surface area contributed by atoms with Gasteiger partial charge in [0.05, 0.1) is 6.07 Å². The van der Waals surface area contributed by atoms with Gasteiger partial charge in [0.1, 0.15) is 18.9 Å². The number of rotatable bonds is 9. The molecule has 5 nitrogen and oxygen atoms in total. The largest absolute Gasteiger partial charge is 0.489 e. The van der Waals surface area contributed by atoms with E-state index in [0.717, 1.165) is 34.2 Å². The number of carbonyl (C=O) groups is 1. The summed E-state index contributed by atoms with van der Waals surface area (Å²) in [5.74, 6) is 0.778. The molecule has 1 amide bonds. The monoisotopic (exact) mass is 449 g/mol. The third kappa shape index (κ3) is 5.73. The Kier molecular flexibility index (Phi) is 7.42. The van der Waals surface area contributed by atoms with E-state index in [2.05, 4.69) is 12.1 Å². The smallest absolute Gasteiger partial charge is 0.242 e. The molecule has 0 spiro atoms. The Labute approximate surface area is 200 Å². The molecule has 0 aliphatic heterocycles. The second-order valence-corrected chi connectivity index (χ2v) is 8.18. The first-order valence-electron chi connectivity index (χ1n) is 11.3. The lowest BCUT2D eigenvalue weighted by Gasteiger charge is -2.18. The van der Waals surface area contributed by atoms with Crippen molar-refractivity contribution >= 4 is 22.9 Å². The average Bonchev–Trinajstić information content (AvgIpc) is 3.22. The lowest BCUT2D eigenvalue weighted by Crippen LogP contribution is -2.31. The van der Waals surface area contributed by atoms with E-state index in [4.69, 9.17) is 10.00 Å². The highest BCUT2D eigenvalue weighted by Crippen LogP contribution is 2.28. The van der Waals surface area contributed by atoms with E-state index < -0.39 is 0 Å². The zero-order chi connectivity index (χ0) is 23.8. The molecular weight excluding hydrogens is 422 g/mol. The van der Waals surface area contributed by atoms with Crippen LogP contribution >= 0.6 is 0 Å². The number of nitrogens with zero attached hydrogens (tertiary/aromatic N) is 3. The van der Waals surface area contributed by atoms with Crippen molar-refractivity contribution in [2.45, 2.75) is 19.6 Å². The Morgan fingerprint density at radius 3 is 2.44 bits per heavy atom. The maximum atomic E-state index is 12.9. The van der Waals surface area contributed by atoms with Crippen molar-refractivity contribution in [3.05, 3.63) is 108 Å². The molecule has 0 unspecified atom stereocenters. The van der Waals surface area contributed by atoms with Crippen LogP contribution in [-0.2, 0) is 24.4 Å². The number of fused-ring (bicyclic) bond motifs is 1. The van der Waals surface area contributed by atoms with Crippen LogP contribution in [-0.4, -0.2) is 29.0 Å². The van der Waals surface area contributed by atoms with Crippen LogP contribution in [0.1, 0.15) is 16.7 Å². The minimum absolute atomic E-state index is 0.0352. The molecule has 0 aliphatic carbocycles. The maximum Gasteiger partial charge on any atom is 0.242 e. The van der Waals surface area contributed by atoms with Crippen molar-refractivity contribution < 1.29 is 9.53 Å². The summed E-state index contributed by atoms with van der Waals surface area (Å²) < 4.78 is 7.93. The van der Waals surface area contributed by atoms with Crippen LogP contribution in [0.3, 0.4) is 0 Å². The van der Waals surface area contributed by atoms with Crippen LogP contribution in [0.2, 0.25) is 0 Å². The Morgan fingerprint density at radius 1 is 1.03 bits per heavy atom. The average molecular weight is 450 g/mol. The van der Waals surface area contributed by atoms with Gasteiger partial charge in [-0.25, -0.2) is 0 Å². The molecule has 1 aromatic heterocycles. The van der Waals surface area contributed by atoms with E-state index in [1.54, 1.807) is 11.0 Å². The molecule has 0 bridgehead atoms. The summed E-state index contributed by atoms with van der Waals surface area (Å²) in [5.41, 5.74) is 4.10. The predicted octanol–water partition coefficient (Wildman–Crippen LogP) is 5.46. The second kappa shape index (κ2) is 11.0. The Hall–Kier alpha value is -4.30. The van der Waals surface area contributed by atoms with Crippen molar-refractivity contribution in [3.8, 4) is 11.8 Å². The van der Waals surface area contributed by atoms with E-state index in [9.17, 15) is 4.79 Å². The second-order valence-electron chi connectivity index (χ2n) is 8.18. The maximum absolute atomic E-state index is 12.9. The van der Waals surface area contributed by atoms with Gasteiger partial charge in [0.25, 0.3) is 0 Å². The highest BCUT2D eigenvalue weighted by molar-refractivity contribution is 5.92. The zero-order valence-electron chi connectivity index (χ0n) is 19.2. The molecule has 0 atom stereocenters. The number of nitriles is 1. The normalized spacial score (nSPS) is 10.9. The van der Waals surface area contributed by atoms with Gasteiger partial charge in [0, 0.05) is 42.3 Å². The van der Waals surface area contributed by atoms with Crippen LogP contribution in [0.5, 0.6) is 5.75 Å². The number of amides is 1. The third-order valence-electron chi connectivity index (χ3n) is 5.78. The van der Waals surface area contributed by atoms with Crippen molar-refractivity contribution in [2.75, 3.05) is 13.6 Å². The third-order valence-corrected chi connectivity index (χ3v) is 5.78. The van der Waals surface area contributed by atoms with Crippen LogP contribution in [0.25, 0.3) is 17.0 Å². The predicted molar refractivity (Wildman–Crippen MR) is 135 cm³/mol. The zero-order valence-corrected chi connectivity index (χ0v) is 19.2. The summed E-state index contributed by atoms with van der Waals surface area (Å²) in [6, 6.07) is 28.1. The van der Waals surface area contributed by atoms with Crippen LogP contribution in [0, 0.1) is 11.3 Å². The molecule has 4 rings (SSSR count). The van der Waals surface area contributed by atoms with Gasteiger partial charge in [-0.1, -0.05) is 60.7 Å². The molecule has 0 fully saturated rings. The fraction of sp³-hybridized carbons (Fsp3) is 0.172. The van der Waals surface area contributed by atoms with Crippen molar-refractivity contribution in [1.29, 1.82) is 5.26 Å². The number of allylic oxidation sites excluding steroid dienone is 1. The fourth-order valence-corrected chi connectivity index (χ4v) is 3.86. The van der Waals surface area contributed by atoms with Gasteiger partial charge in [0.2, 0.25) is 5.91 Å². The van der Waals surface area contributed by atoms with Gasteiger partial charge in [-0.15, -0.1) is 0 Å². The summed E-state index contributed by atoms with van der Waals surface area (Å²) >= 11 is 0. The molecule has 3 aromatic carbocycles. The van der Waals surface area contributed by atoms with E-state index in [0.29, 0.717) is 13.2 Å². The SMILES string of the molecule is CN(CCc1ccccc1)C(=O)Cn1cc(/C=C/C#N)c2cc(OCc3ccccc3)ccc21. The summed E-state index contributed by atoms with van der Waals surface area (Å²) in [6.45, 7) is 1.36. The molecule has 0 saturated heterocycles. The molecule has 0 saturated carbocycles. The molecule has 0 radical (unpaired) electrons. The van der Waals surface area contributed by atoms with E-state index in [1.165, 1.54) is 11.6 Å². The number of ether oxygens (including phenoxy) is 1. The molecule has 5 heteroatoms. The summed E-state index contributed by atoms with van der Waals surface area (Å²) in [6.07, 6.45) is 5.95. The van der Waals surface area contributed by atoms with Crippen LogP contribution in [0.15, 0.2) is 91.1 Å². The highest BCUT2D eigenvalue weighted by atomic mass is 16.5. The summed E-state index contributed by atoms with van der Waals surface area (Å²) in [5, 5.41) is 9.95. The number of benzene rings is 3. The lowest BCUT2D eigenvalue weighted by atomic mass is 10.1. The van der Waals surface area contributed by atoms with Gasteiger partial charge >= 0.3 is 0 Å². The molecule has 4 aromatic rings. The number of hydrogen-bond donors (Lipinski definition) is 0. The van der Waals surface area contributed by atoms with Crippen LogP contribution in [0.4, 0.5) is 0 Å². The number of aromatic nitrogens is 1. The van der Waals surface area contributed by atoms with Crippen LogP contribution < -0.4 is 4.74 Å². The highest BCUT2D eigenvalue weighted by Gasteiger charge is 2.14. The first-order chi connectivity index (χ1) is 16.6. The molecular formula is C29H27N3O2. The lowest BCUT2D eigenvalue weighted by molar-refractivity contribution is -0.130. The minimum atomic E-state index is 0.0352. The van der Waals surface area contributed by atoms with Crippen molar-refractivity contribution in [1.82, 2.24) is 9.47 Å². The number of carbonyl (C=O) groups excluding carboxylic acids is 1. The molecule has 34 heavy (non-hydrogen) atoms. The standard InChI is InChI=1S/C29H27N3O2/c1-31(18-16-23-9-4-2-5-10-23)29(33)21-32-20-25(13-8-17-30)27-19-26(14-15-28(27)32)34-22-24-11-6-3-7-12-24/h2-15,19-20H,16,18,21-22H2,1H3/b13-8+. The molecule has 0 aliphatic rings. The quantitative estimate of drug-likeness (QED) is 0.319. The van der Waals surface area contributed by atoms with E-state index >= 15 is 0 Å². The molecule has 170 valence electrons. The Morgan fingerprint density at radius 2 is 1.74 bits per heavy atom. The summed E-state index contributed by atoms with van der Waals surface area (Å²) in [4.78, 5) is 14.7. The van der Waals surface area contributed by atoms with Crippen molar-refractivity contribution in [3.63, 3.8) is 0 Å². The number of hydrogen-bond acceptors (Lipinski definition) is 3. The topological polar surface area (TPSA) is 58.3 Å².